The summed E-state index contributed by atoms with van der Waals surface area (Å²) < 4.78 is 0. The number of rotatable bonds is 2. The van der Waals surface area contributed by atoms with Crippen molar-refractivity contribution < 1.29 is 5.11 Å². The predicted molar refractivity (Wildman–Crippen MR) is 91.9 cm³/mol. The summed E-state index contributed by atoms with van der Waals surface area (Å²) in [6.45, 7) is 3.78. The molecule has 0 amide bonds. The molecule has 7 nitrogen and oxygen atoms in total. The molecule has 0 bridgehead atoms. The van der Waals surface area contributed by atoms with Gasteiger partial charge >= 0.3 is 0 Å². The largest absolute Gasteiger partial charge is 0.492 e. The molecule has 0 radical (unpaired) electrons. The molecule has 3 heterocycles. The first-order valence-corrected chi connectivity index (χ1v) is 7.93. The Hall–Kier alpha value is -2.80. The topological polar surface area (TPSA) is 78.3 Å². The molecule has 0 saturated carbocycles. The van der Waals surface area contributed by atoms with Crippen molar-refractivity contribution in [2.24, 2.45) is 0 Å². The summed E-state index contributed by atoms with van der Waals surface area (Å²) in [7, 11) is 2.11. The lowest BCUT2D eigenvalue weighted by Crippen LogP contribution is -2.44. The third kappa shape index (κ3) is 2.74. The highest BCUT2D eigenvalue weighted by molar-refractivity contribution is 5.78. The first-order chi connectivity index (χ1) is 11.7. The van der Waals surface area contributed by atoms with Gasteiger partial charge < -0.3 is 14.9 Å². The Kier molecular flexibility index (Phi) is 3.70. The molecule has 0 unspecified atom stereocenters. The van der Waals surface area contributed by atoms with Gasteiger partial charge in [-0.15, -0.1) is 0 Å². The SMILES string of the molecule is CN1CCN(c2cnc3c(O)nc(-c4ccccc4)nc3n2)CC1. The van der Waals surface area contributed by atoms with Gasteiger partial charge in [-0.05, 0) is 7.05 Å². The first kappa shape index (κ1) is 14.8. The van der Waals surface area contributed by atoms with E-state index < -0.39 is 0 Å². The quantitative estimate of drug-likeness (QED) is 0.767. The van der Waals surface area contributed by atoms with Crippen molar-refractivity contribution in [3.05, 3.63) is 36.5 Å². The van der Waals surface area contributed by atoms with Gasteiger partial charge in [-0.3, -0.25) is 0 Å². The van der Waals surface area contributed by atoms with Gasteiger partial charge in [-0.2, -0.15) is 4.98 Å². The van der Waals surface area contributed by atoms with E-state index >= 15 is 0 Å². The predicted octanol–water partition coefficient (Wildman–Crippen LogP) is 1.54. The van der Waals surface area contributed by atoms with E-state index in [0.717, 1.165) is 37.6 Å². The highest BCUT2D eigenvalue weighted by Gasteiger charge is 2.18. The number of aromatic nitrogens is 4. The van der Waals surface area contributed by atoms with Crippen LogP contribution in [0.4, 0.5) is 5.82 Å². The number of benzene rings is 1. The van der Waals surface area contributed by atoms with Crippen molar-refractivity contribution in [2.75, 3.05) is 38.1 Å². The van der Waals surface area contributed by atoms with E-state index in [9.17, 15) is 5.11 Å². The second-order valence-electron chi connectivity index (χ2n) is 5.93. The number of piperazine rings is 1. The van der Waals surface area contributed by atoms with Crippen molar-refractivity contribution >= 4 is 17.0 Å². The van der Waals surface area contributed by atoms with Gasteiger partial charge in [-0.25, -0.2) is 15.0 Å². The average molecular weight is 322 g/mol. The van der Waals surface area contributed by atoms with Crippen molar-refractivity contribution in [3.63, 3.8) is 0 Å². The molecular formula is C17H18N6O. The summed E-state index contributed by atoms with van der Waals surface area (Å²) in [6, 6.07) is 9.55. The Labute approximate surface area is 139 Å². The molecule has 1 fully saturated rings. The second kappa shape index (κ2) is 6.01. The average Bonchev–Trinajstić information content (AvgIpc) is 2.62. The Morgan fingerprint density at radius 1 is 0.958 bits per heavy atom. The fraction of sp³-hybridized carbons (Fsp3) is 0.294. The zero-order valence-electron chi connectivity index (χ0n) is 13.4. The van der Waals surface area contributed by atoms with Gasteiger partial charge in [0.25, 0.3) is 0 Å². The van der Waals surface area contributed by atoms with Crippen LogP contribution >= 0.6 is 0 Å². The van der Waals surface area contributed by atoms with Crippen LogP contribution < -0.4 is 4.90 Å². The standard InChI is InChI=1S/C17H18N6O/c1-22-7-9-23(10-8-22)13-11-18-14-16(19-13)20-15(21-17(14)24)12-5-3-2-4-6-12/h2-6,11H,7-10H2,1H3,(H,19,20,21,24). The van der Waals surface area contributed by atoms with E-state index in [2.05, 4.69) is 36.8 Å². The lowest BCUT2D eigenvalue weighted by atomic mass is 10.2. The third-order valence-corrected chi connectivity index (χ3v) is 4.24. The molecule has 24 heavy (non-hydrogen) atoms. The van der Waals surface area contributed by atoms with E-state index in [4.69, 9.17) is 0 Å². The highest BCUT2D eigenvalue weighted by Crippen LogP contribution is 2.24. The van der Waals surface area contributed by atoms with Gasteiger partial charge in [0.15, 0.2) is 17.0 Å². The zero-order chi connectivity index (χ0) is 16.5. The fourth-order valence-corrected chi connectivity index (χ4v) is 2.79. The molecule has 1 aliphatic heterocycles. The Morgan fingerprint density at radius 3 is 2.46 bits per heavy atom. The number of hydrogen-bond donors (Lipinski definition) is 1. The maximum absolute atomic E-state index is 10.2. The maximum Gasteiger partial charge on any atom is 0.243 e. The van der Waals surface area contributed by atoms with Crippen LogP contribution in [0.15, 0.2) is 36.5 Å². The van der Waals surface area contributed by atoms with Crippen molar-refractivity contribution in [1.82, 2.24) is 24.8 Å². The van der Waals surface area contributed by atoms with Crippen LogP contribution in [0.5, 0.6) is 5.88 Å². The molecule has 122 valence electrons. The van der Waals surface area contributed by atoms with Gasteiger partial charge in [0, 0.05) is 31.7 Å². The van der Waals surface area contributed by atoms with E-state index in [1.165, 1.54) is 0 Å². The Bertz CT molecular complexity index is 862. The summed E-state index contributed by atoms with van der Waals surface area (Å²) in [4.78, 5) is 22.0. The molecule has 2 aromatic heterocycles. The lowest BCUT2D eigenvalue weighted by Gasteiger charge is -2.32. The van der Waals surface area contributed by atoms with Crippen LogP contribution in [0.1, 0.15) is 0 Å². The summed E-state index contributed by atoms with van der Waals surface area (Å²) in [5, 5.41) is 10.2. The van der Waals surface area contributed by atoms with Crippen LogP contribution in [0, 0.1) is 0 Å². The molecule has 7 heteroatoms. The molecule has 0 aliphatic carbocycles. The number of hydrogen-bond acceptors (Lipinski definition) is 7. The number of fused-ring (bicyclic) bond motifs is 1. The molecule has 1 aromatic carbocycles. The third-order valence-electron chi connectivity index (χ3n) is 4.24. The van der Waals surface area contributed by atoms with E-state index in [1.807, 2.05) is 30.3 Å². The number of anilines is 1. The molecule has 1 saturated heterocycles. The number of aromatic hydroxyl groups is 1. The van der Waals surface area contributed by atoms with Crippen LogP contribution in [0.25, 0.3) is 22.6 Å². The Morgan fingerprint density at radius 2 is 1.71 bits per heavy atom. The van der Waals surface area contributed by atoms with E-state index in [-0.39, 0.29) is 5.88 Å². The summed E-state index contributed by atoms with van der Waals surface area (Å²) in [6.07, 6.45) is 1.68. The molecule has 4 rings (SSSR count). The molecule has 1 N–H and O–H groups in total. The van der Waals surface area contributed by atoms with Crippen LogP contribution in [-0.4, -0.2) is 63.2 Å². The van der Waals surface area contributed by atoms with Gasteiger partial charge in [0.05, 0.1) is 6.20 Å². The molecule has 3 aromatic rings. The minimum Gasteiger partial charge on any atom is -0.492 e. The smallest absolute Gasteiger partial charge is 0.243 e. The molecule has 0 spiro atoms. The van der Waals surface area contributed by atoms with Gasteiger partial charge in [0.2, 0.25) is 5.88 Å². The minimum atomic E-state index is -0.142. The normalized spacial score (nSPS) is 15.8. The van der Waals surface area contributed by atoms with Crippen molar-refractivity contribution in [3.8, 4) is 17.3 Å². The Balaban J connectivity index is 1.75. The lowest BCUT2D eigenvalue weighted by molar-refractivity contribution is 0.312. The summed E-state index contributed by atoms with van der Waals surface area (Å²) >= 11 is 0. The molecular weight excluding hydrogens is 304 g/mol. The summed E-state index contributed by atoms with van der Waals surface area (Å²) in [5.41, 5.74) is 1.58. The number of likely N-dealkylation sites (N-methyl/N-ethyl adjacent to an activating group) is 1. The maximum atomic E-state index is 10.2. The van der Waals surface area contributed by atoms with Crippen molar-refractivity contribution in [1.29, 1.82) is 0 Å². The first-order valence-electron chi connectivity index (χ1n) is 7.93. The fourth-order valence-electron chi connectivity index (χ4n) is 2.79. The number of nitrogens with zero attached hydrogens (tertiary/aromatic N) is 6. The zero-order valence-corrected chi connectivity index (χ0v) is 13.4. The monoisotopic (exact) mass is 322 g/mol. The van der Waals surface area contributed by atoms with Gasteiger partial charge in [0.1, 0.15) is 5.82 Å². The second-order valence-corrected chi connectivity index (χ2v) is 5.93. The van der Waals surface area contributed by atoms with E-state index in [0.29, 0.717) is 17.0 Å². The molecule has 1 aliphatic rings. The van der Waals surface area contributed by atoms with Crippen LogP contribution in [0.3, 0.4) is 0 Å². The van der Waals surface area contributed by atoms with E-state index in [1.54, 1.807) is 6.20 Å². The molecule has 0 atom stereocenters. The highest BCUT2D eigenvalue weighted by atomic mass is 16.3. The van der Waals surface area contributed by atoms with Crippen molar-refractivity contribution in [2.45, 2.75) is 0 Å². The minimum absolute atomic E-state index is 0.142. The summed E-state index contributed by atoms with van der Waals surface area (Å²) in [5.74, 6) is 1.09. The van der Waals surface area contributed by atoms with Gasteiger partial charge in [-0.1, -0.05) is 30.3 Å². The van der Waals surface area contributed by atoms with Crippen LogP contribution in [0.2, 0.25) is 0 Å². The van der Waals surface area contributed by atoms with Crippen LogP contribution in [-0.2, 0) is 0 Å².